The fraction of sp³-hybridized carbons (Fsp3) is 0.250. The van der Waals surface area contributed by atoms with Gasteiger partial charge in [0.1, 0.15) is 5.75 Å². The lowest BCUT2D eigenvalue weighted by Gasteiger charge is -2.20. The van der Waals surface area contributed by atoms with Gasteiger partial charge in [-0.05, 0) is 31.2 Å². The number of hydrazine groups is 1. The fourth-order valence-corrected chi connectivity index (χ4v) is 3.18. The van der Waals surface area contributed by atoms with Crippen LogP contribution >= 0.6 is 0 Å². The topological polar surface area (TPSA) is 122 Å². The number of hydrogen-bond donors (Lipinski definition) is 2. The molecule has 0 aliphatic carbocycles. The predicted octanol–water partition coefficient (Wildman–Crippen LogP) is 2.03. The molecule has 1 aromatic carbocycles. The number of hydrogen-bond acceptors (Lipinski definition) is 8. The summed E-state index contributed by atoms with van der Waals surface area (Å²) in [5.74, 6) is -0.0309. The van der Waals surface area contributed by atoms with Crippen molar-refractivity contribution in [1.29, 1.82) is 0 Å². The standard InChI is InChI=1S/C20H20N6O4/c1-2-29-16-6-4-3-5-15(16)26-12-14(11-17(26)27)19(28)23-24-20-22-18(25-30-20)13-7-9-21-10-8-13/h3-10,14H,2,11-12H2,1H3,(H,23,28)(H,22,24,25). The highest BCUT2D eigenvalue weighted by molar-refractivity contribution is 6.01. The van der Waals surface area contributed by atoms with Crippen molar-refractivity contribution in [3.05, 3.63) is 48.8 Å². The van der Waals surface area contributed by atoms with Crippen LogP contribution in [0.3, 0.4) is 0 Å². The van der Waals surface area contributed by atoms with Gasteiger partial charge >= 0.3 is 6.01 Å². The van der Waals surface area contributed by atoms with E-state index in [-0.39, 0.29) is 30.8 Å². The number of nitrogens with zero attached hydrogens (tertiary/aromatic N) is 4. The Hall–Kier alpha value is -3.95. The Balaban J connectivity index is 1.37. The number of rotatable bonds is 7. The number of carbonyl (C=O) groups excluding carboxylic acids is 2. The van der Waals surface area contributed by atoms with Gasteiger partial charge in [0, 0.05) is 30.9 Å². The lowest BCUT2D eigenvalue weighted by molar-refractivity contribution is -0.125. The van der Waals surface area contributed by atoms with E-state index >= 15 is 0 Å². The maximum atomic E-state index is 12.5. The molecular formula is C20H20N6O4. The predicted molar refractivity (Wildman–Crippen MR) is 107 cm³/mol. The minimum atomic E-state index is -0.526. The molecule has 10 heteroatoms. The van der Waals surface area contributed by atoms with Crippen LogP contribution in [0.15, 0.2) is 53.3 Å². The van der Waals surface area contributed by atoms with E-state index in [1.807, 2.05) is 19.1 Å². The number of para-hydroxylation sites is 2. The first-order valence-electron chi connectivity index (χ1n) is 9.48. The van der Waals surface area contributed by atoms with E-state index in [9.17, 15) is 9.59 Å². The number of carbonyl (C=O) groups is 2. The Morgan fingerprint density at radius 3 is 2.87 bits per heavy atom. The summed E-state index contributed by atoms with van der Waals surface area (Å²) in [7, 11) is 0. The summed E-state index contributed by atoms with van der Waals surface area (Å²) in [6.45, 7) is 2.61. The van der Waals surface area contributed by atoms with Crippen molar-refractivity contribution in [1.82, 2.24) is 20.6 Å². The van der Waals surface area contributed by atoms with E-state index in [1.165, 1.54) is 0 Å². The molecule has 2 amide bonds. The van der Waals surface area contributed by atoms with E-state index in [0.717, 1.165) is 5.56 Å². The Labute approximate surface area is 172 Å². The van der Waals surface area contributed by atoms with E-state index in [1.54, 1.807) is 41.6 Å². The third kappa shape index (κ3) is 4.07. The van der Waals surface area contributed by atoms with Gasteiger partial charge in [-0.2, -0.15) is 4.98 Å². The van der Waals surface area contributed by atoms with Crippen LogP contribution in [0.4, 0.5) is 11.7 Å². The van der Waals surface area contributed by atoms with Gasteiger partial charge < -0.3 is 14.2 Å². The van der Waals surface area contributed by atoms with Crippen molar-refractivity contribution in [3.8, 4) is 17.1 Å². The number of ether oxygens (including phenoxy) is 1. The molecule has 1 fully saturated rings. The van der Waals surface area contributed by atoms with Crippen molar-refractivity contribution in [3.63, 3.8) is 0 Å². The van der Waals surface area contributed by atoms with Crippen molar-refractivity contribution in [2.75, 3.05) is 23.5 Å². The van der Waals surface area contributed by atoms with Crippen molar-refractivity contribution in [2.45, 2.75) is 13.3 Å². The van der Waals surface area contributed by atoms with Crippen LogP contribution in [0.25, 0.3) is 11.4 Å². The normalized spacial score (nSPS) is 15.8. The second-order valence-corrected chi connectivity index (χ2v) is 6.58. The number of aromatic nitrogens is 3. The monoisotopic (exact) mass is 408 g/mol. The SMILES string of the molecule is CCOc1ccccc1N1CC(C(=O)NNc2nc(-c3ccncc3)no2)CC1=O. The maximum absolute atomic E-state index is 12.5. The van der Waals surface area contributed by atoms with Gasteiger partial charge in [0.2, 0.25) is 17.6 Å². The zero-order valence-corrected chi connectivity index (χ0v) is 16.2. The first-order valence-corrected chi connectivity index (χ1v) is 9.48. The lowest BCUT2D eigenvalue weighted by Crippen LogP contribution is -2.36. The van der Waals surface area contributed by atoms with Crippen LogP contribution in [-0.4, -0.2) is 40.1 Å². The highest BCUT2D eigenvalue weighted by atomic mass is 16.5. The molecule has 154 valence electrons. The molecule has 1 unspecified atom stereocenters. The third-order valence-electron chi connectivity index (χ3n) is 4.61. The number of benzene rings is 1. The van der Waals surface area contributed by atoms with Crippen LogP contribution in [0.2, 0.25) is 0 Å². The van der Waals surface area contributed by atoms with Gasteiger partial charge in [-0.15, -0.1) is 0 Å². The first kappa shape index (κ1) is 19.4. The van der Waals surface area contributed by atoms with Crippen molar-refractivity contribution < 1.29 is 18.8 Å². The minimum Gasteiger partial charge on any atom is -0.492 e. The summed E-state index contributed by atoms with van der Waals surface area (Å²) in [6, 6.07) is 10.8. The summed E-state index contributed by atoms with van der Waals surface area (Å²) in [5.41, 5.74) is 6.53. The molecule has 1 aliphatic rings. The summed E-state index contributed by atoms with van der Waals surface area (Å²) in [5, 5.41) is 3.85. The molecule has 0 bridgehead atoms. The largest absolute Gasteiger partial charge is 0.492 e. The van der Waals surface area contributed by atoms with Gasteiger partial charge in [-0.3, -0.25) is 20.0 Å². The maximum Gasteiger partial charge on any atom is 0.340 e. The molecule has 2 N–H and O–H groups in total. The summed E-state index contributed by atoms with van der Waals surface area (Å²) >= 11 is 0. The summed E-state index contributed by atoms with van der Waals surface area (Å²) < 4.78 is 10.7. The van der Waals surface area contributed by atoms with Crippen LogP contribution < -0.4 is 20.5 Å². The van der Waals surface area contributed by atoms with E-state index in [0.29, 0.717) is 23.9 Å². The number of nitrogens with one attached hydrogen (secondary N) is 2. The number of amides is 2. The van der Waals surface area contributed by atoms with Gasteiger partial charge in [-0.1, -0.05) is 17.3 Å². The summed E-state index contributed by atoms with van der Waals surface area (Å²) in [4.78, 5) is 34.7. The highest BCUT2D eigenvalue weighted by Gasteiger charge is 2.36. The zero-order chi connectivity index (χ0) is 20.9. The van der Waals surface area contributed by atoms with Crippen molar-refractivity contribution >= 4 is 23.5 Å². The van der Waals surface area contributed by atoms with Gasteiger partial charge in [0.05, 0.1) is 18.2 Å². The molecule has 4 rings (SSSR count). The fourth-order valence-electron chi connectivity index (χ4n) is 3.18. The number of anilines is 2. The van der Waals surface area contributed by atoms with Gasteiger partial charge in [0.15, 0.2) is 0 Å². The molecule has 0 saturated carbocycles. The molecule has 10 nitrogen and oxygen atoms in total. The molecule has 2 aromatic heterocycles. The van der Waals surface area contributed by atoms with Crippen LogP contribution in [0.1, 0.15) is 13.3 Å². The van der Waals surface area contributed by atoms with Crippen LogP contribution in [-0.2, 0) is 9.59 Å². The Morgan fingerprint density at radius 1 is 1.27 bits per heavy atom. The van der Waals surface area contributed by atoms with E-state index in [2.05, 4.69) is 26.0 Å². The van der Waals surface area contributed by atoms with Crippen LogP contribution in [0.5, 0.6) is 5.75 Å². The number of pyridine rings is 1. The Morgan fingerprint density at radius 2 is 2.07 bits per heavy atom. The molecule has 3 aromatic rings. The molecule has 1 atom stereocenters. The molecule has 0 radical (unpaired) electrons. The highest BCUT2D eigenvalue weighted by Crippen LogP contribution is 2.33. The average molecular weight is 408 g/mol. The molecular weight excluding hydrogens is 388 g/mol. The van der Waals surface area contributed by atoms with Crippen molar-refractivity contribution in [2.24, 2.45) is 5.92 Å². The van der Waals surface area contributed by atoms with E-state index in [4.69, 9.17) is 9.26 Å². The second-order valence-electron chi connectivity index (χ2n) is 6.58. The minimum absolute atomic E-state index is 0.0398. The average Bonchev–Trinajstić information content (AvgIpc) is 3.40. The van der Waals surface area contributed by atoms with Crippen LogP contribution in [0, 0.1) is 5.92 Å². The smallest absolute Gasteiger partial charge is 0.340 e. The summed E-state index contributed by atoms with van der Waals surface area (Å²) in [6.07, 6.45) is 3.33. The second kappa shape index (κ2) is 8.60. The van der Waals surface area contributed by atoms with E-state index < -0.39 is 5.92 Å². The molecule has 1 saturated heterocycles. The molecule has 30 heavy (non-hydrogen) atoms. The third-order valence-corrected chi connectivity index (χ3v) is 4.61. The zero-order valence-electron chi connectivity index (χ0n) is 16.2. The van der Waals surface area contributed by atoms with Gasteiger partial charge in [0.25, 0.3) is 0 Å². The Kier molecular flexibility index (Phi) is 5.55. The molecule has 1 aliphatic heterocycles. The quantitative estimate of drug-likeness (QED) is 0.570. The van der Waals surface area contributed by atoms with Gasteiger partial charge in [-0.25, -0.2) is 5.43 Å². The lowest BCUT2D eigenvalue weighted by atomic mass is 10.1. The molecule has 3 heterocycles. The first-order chi connectivity index (χ1) is 14.7. The molecule has 0 spiro atoms. The Bertz CT molecular complexity index is 1040.